The lowest BCUT2D eigenvalue weighted by Gasteiger charge is -2.07. The van der Waals surface area contributed by atoms with E-state index in [0.29, 0.717) is 5.69 Å². The van der Waals surface area contributed by atoms with Gasteiger partial charge in [0, 0.05) is 11.8 Å². The first-order chi connectivity index (χ1) is 12.0. The maximum atomic E-state index is 12.0. The molecule has 7 nitrogen and oxygen atoms in total. The first-order valence-electron chi connectivity index (χ1n) is 7.17. The SMILES string of the molecule is CSc1nc2ccc(NC(=O)COc3cccc([N+](=O)[O-])c3)cc2s1. The number of aromatic nitrogens is 1. The lowest BCUT2D eigenvalue weighted by Crippen LogP contribution is -2.20. The van der Waals surface area contributed by atoms with Crippen LogP contribution in [0, 0.1) is 10.1 Å². The molecule has 0 aliphatic carbocycles. The minimum Gasteiger partial charge on any atom is -0.484 e. The smallest absolute Gasteiger partial charge is 0.273 e. The summed E-state index contributed by atoms with van der Waals surface area (Å²) in [5, 5.41) is 13.5. The molecule has 9 heteroatoms. The molecule has 128 valence electrons. The molecule has 0 unspecified atom stereocenters. The number of hydrogen-bond donors (Lipinski definition) is 1. The normalized spacial score (nSPS) is 10.6. The van der Waals surface area contributed by atoms with Crippen LogP contribution in [0.25, 0.3) is 10.2 Å². The van der Waals surface area contributed by atoms with Gasteiger partial charge in [0.05, 0.1) is 21.2 Å². The average Bonchev–Trinajstić information content (AvgIpc) is 3.02. The van der Waals surface area contributed by atoms with Crippen LogP contribution in [0.4, 0.5) is 11.4 Å². The second-order valence-electron chi connectivity index (χ2n) is 4.96. The van der Waals surface area contributed by atoms with Crippen molar-refractivity contribution in [2.24, 2.45) is 0 Å². The minimum absolute atomic E-state index is 0.0850. The third-order valence-corrected chi connectivity index (χ3v) is 5.23. The van der Waals surface area contributed by atoms with E-state index in [-0.39, 0.29) is 24.0 Å². The highest BCUT2D eigenvalue weighted by atomic mass is 32.2. The topological polar surface area (TPSA) is 94.4 Å². The number of ether oxygens (including phenoxy) is 1. The molecular formula is C16H13N3O4S2. The van der Waals surface area contributed by atoms with Gasteiger partial charge >= 0.3 is 0 Å². The fourth-order valence-electron chi connectivity index (χ4n) is 2.10. The van der Waals surface area contributed by atoms with Crippen molar-refractivity contribution in [3.63, 3.8) is 0 Å². The molecule has 3 rings (SSSR count). The summed E-state index contributed by atoms with van der Waals surface area (Å²) in [6.45, 7) is -0.238. The van der Waals surface area contributed by atoms with Gasteiger partial charge in [-0.25, -0.2) is 4.98 Å². The molecule has 0 fully saturated rings. The fourth-order valence-corrected chi connectivity index (χ4v) is 3.63. The zero-order chi connectivity index (χ0) is 17.8. The Morgan fingerprint density at radius 2 is 2.20 bits per heavy atom. The highest BCUT2D eigenvalue weighted by Crippen LogP contribution is 2.30. The summed E-state index contributed by atoms with van der Waals surface area (Å²) in [6.07, 6.45) is 1.96. The van der Waals surface area contributed by atoms with Crippen LogP contribution in [0.1, 0.15) is 0 Å². The van der Waals surface area contributed by atoms with Crippen LogP contribution < -0.4 is 10.1 Å². The standard InChI is InChI=1S/C16H13N3O4S2/c1-24-16-18-13-6-5-10(7-14(13)25-16)17-15(20)9-23-12-4-2-3-11(8-12)19(21)22/h2-8H,9H2,1H3,(H,17,20). The molecule has 0 aliphatic rings. The molecule has 0 radical (unpaired) electrons. The quantitative estimate of drug-likeness (QED) is 0.398. The molecule has 0 atom stereocenters. The van der Waals surface area contributed by atoms with E-state index in [4.69, 9.17) is 4.74 Å². The number of hydrogen-bond acceptors (Lipinski definition) is 7. The van der Waals surface area contributed by atoms with Gasteiger partial charge in [0.2, 0.25) is 0 Å². The Labute approximate surface area is 151 Å². The van der Waals surface area contributed by atoms with E-state index in [2.05, 4.69) is 10.3 Å². The molecule has 0 spiro atoms. The molecule has 1 aromatic heterocycles. The van der Waals surface area contributed by atoms with Crippen molar-refractivity contribution in [2.75, 3.05) is 18.2 Å². The van der Waals surface area contributed by atoms with Gasteiger partial charge in [-0.05, 0) is 30.5 Å². The number of fused-ring (bicyclic) bond motifs is 1. The number of anilines is 1. The highest BCUT2D eigenvalue weighted by molar-refractivity contribution is 8.00. The largest absolute Gasteiger partial charge is 0.484 e. The van der Waals surface area contributed by atoms with Crippen LogP contribution in [-0.4, -0.2) is 28.7 Å². The molecule has 0 aliphatic heterocycles. The van der Waals surface area contributed by atoms with Crippen LogP contribution in [0.5, 0.6) is 5.75 Å². The van der Waals surface area contributed by atoms with E-state index in [1.807, 2.05) is 18.4 Å². The number of carbonyl (C=O) groups is 1. The first-order valence-corrected chi connectivity index (χ1v) is 9.21. The van der Waals surface area contributed by atoms with Gasteiger partial charge in [-0.15, -0.1) is 11.3 Å². The van der Waals surface area contributed by atoms with Gasteiger partial charge in [0.25, 0.3) is 11.6 Å². The molecular weight excluding hydrogens is 362 g/mol. The van der Waals surface area contributed by atoms with Crippen molar-refractivity contribution in [2.45, 2.75) is 4.34 Å². The predicted molar refractivity (Wildman–Crippen MR) is 98.6 cm³/mol. The van der Waals surface area contributed by atoms with Gasteiger partial charge in [0.15, 0.2) is 10.9 Å². The minimum atomic E-state index is -0.514. The number of amides is 1. The summed E-state index contributed by atoms with van der Waals surface area (Å²) in [6, 6.07) is 11.2. The Morgan fingerprint density at radius 1 is 1.36 bits per heavy atom. The maximum Gasteiger partial charge on any atom is 0.273 e. The van der Waals surface area contributed by atoms with Gasteiger partial charge in [-0.3, -0.25) is 14.9 Å². The highest BCUT2D eigenvalue weighted by Gasteiger charge is 2.09. The monoisotopic (exact) mass is 375 g/mol. The molecule has 1 amide bonds. The number of nitro benzene ring substituents is 1. The van der Waals surface area contributed by atoms with E-state index in [0.717, 1.165) is 14.6 Å². The number of thiazole rings is 1. The molecule has 0 saturated carbocycles. The molecule has 0 saturated heterocycles. The molecule has 2 aromatic carbocycles. The van der Waals surface area contributed by atoms with Crippen LogP contribution >= 0.6 is 23.1 Å². The fraction of sp³-hybridized carbons (Fsp3) is 0.125. The van der Waals surface area contributed by atoms with Crippen molar-refractivity contribution in [3.05, 3.63) is 52.6 Å². The number of rotatable bonds is 6. The van der Waals surface area contributed by atoms with Crippen LogP contribution in [-0.2, 0) is 4.79 Å². The van der Waals surface area contributed by atoms with Crippen LogP contribution in [0.3, 0.4) is 0 Å². The Hall–Kier alpha value is -2.65. The third-order valence-electron chi connectivity index (χ3n) is 3.23. The van der Waals surface area contributed by atoms with E-state index in [1.165, 1.54) is 18.2 Å². The van der Waals surface area contributed by atoms with E-state index in [9.17, 15) is 14.9 Å². The second kappa shape index (κ2) is 7.49. The summed E-state index contributed by atoms with van der Waals surface area (Å²) in [5.41, 5.74) is 1.45. The van der Waals surface area contributed by atoms with Crippen molar-refractivity contribution in [3.8, 4) is 5.75 Å². The summed E-state index contributed by atoms with van der Waals surface area (Å²) in [5.74, 6) is -0.0765. The lowest BCUT2D eigenvalue weighted by atomic mass is 10.3. The predicted octanol–water partition coefficient (Wildman–Crippen LogP) is 3.94. The number of non-ortho nitro benzene ring substituents is 1. The van der Waals surface area contributed by atoms with Crippen LogP contribution in [0.15, 0.2) is 46.8 Å². The van der Waals surface area contributed by atoms with Crippen molar-refractivity contribution < 1.29 is 14.5 Å². The van der Waals surface area contributed by atoms with E-state index < -0.39 is 4.92 Å². The zero-order valence-corrected chi connectivity index (χ0v) is 14.7. The molecule has 3 aromatic rings. The Morgan fingerprint density at radius 3 is 2.96 bits per heavy atom. The molecule has 25 heavy (non-hydrogen) atoms. The summed E-state index contributed by atoms with van der Waals surface area (Å²) in [4.78, 5) is 26.7. The number of carbonyl (C=O) groups excluding carboxylic acids is 1. The van der Waals surface area contributed by atoms with Crippen LogP contribution in [0.2, 0.25) is 0 Å². The number of thioether (sulfide) groups is 1. The number of nitro groups is 1. The maximum absolute atomic E-state index is 12.0. The van der Waals surface area contributed by atoms with Gasteiger partial charge in [0.1, 0.15) is 5.75 Å². The third kappa shape index (κ3) is 4.25. The van der Waals surface area contributed by atoms with Gasteiger partial charge in [-0.2, -0.15) is 0 Å². The van der Waals surface area contributed by atoms with E-state index >= 15 is 0 Å². The molecule has 1 N–H and O–H groups in total. The second-order valence-corrected chi connectivity index (χ2v) is 7.04. The van der Waals surface area contributed by atoms with Crippen molar-refractivity contribution >= 4 is 50.6 Å². The van der Waals surface area contributed by atoms with E-state index in [1.54, 1.807) is 35.2 Å². The summed E-state index contributed by atoms with van der Waals surface area (Å²) in [7, 11) is 0. The van der Waals surface area contributed by atoms with Crippen molar-refractivity contribution in [1.82, 2.24) is 4.98 Å². The number of benzene rings is 2. The lowest BCUT2D eigenvalue weighted by molar-refractivity contribution is -0.384. The number of nitrogens with zero attached hydrogens (tertiary/aromatic N) is 2. The Kier molecular flexibility index (Phi) is 5.15. The number of nitrogens with one attached hydrogen (secondary N) is 1. The molecule has 0 bridgehead atoms. The van der Waals surface area contributed by atoms with Gasteiger partial charge < -0.3 is 10.1 Å². The Bertz CT molecular complexity index is 942. The summed E-state index contributed by atoms with van der Waals surface area (Å²) >= 11 is 3.13. The summed E-state index contributed by atoms with van der Waals surface area (Å²) < 4.78 is 7.26. The Balaban J connectivity index is 1.62. The first kappa shape index (κ1) is 17.2. The zero-order valence-electron chi connectivity index (χ0n) is 13.1. The average molecular weight is 375 g/mol. The molecule has 1 heterocycles. The van der Waals surface area contributed by atoms with Gasteiger partial charge in [-0.1, -0.05) is 17.8 Å². The van der Waals surface area contributed by atoms with Crippen molar-refractivity contribution in [1.29, 1.82) is 0 Å².